The third-order valence-electron chi connectivity index (χ3n) is 4.07. The van der Waals surface area contributed by atoms with Crippen LogP contribution in [0.4, 0.5) is 0 Å². The molecule has 0 atom stereocenters. The molecule has 3 amide bonds. The fourth-order valence-corrected chi connectivity index (χ4v) is 4.11. The number of amides is 3. The number of hydrogen-bond donors (Lipinski definition) is 0. The number of thioether (sulfide) groups is 1. The maximum atomic E-state index is 12.7. The van der Waals surface area contributed by atoms with E-state index < -0.39 is 17.7 Å². The van der Waals surface area contributed by atoms with Gasteiger partial charge < -0.3 is 0 Å². The summed E-state index contributed by atoms with van der Waals surface area (Å²) in [4.78, 5) is 36.9. The topological polar surface area (TPSA) is 57.7 Å². The Labute approximate surface area is 153 Å². The van der Waals surface area contributed by atoms with Crippen molar-refractivity contribution in [2.75, 3.05) is 0 Å². The fourth-order valence-electron chi connectivity index (χ4n) is 2.87. The van der Waals surface area contributed by atoms with Gasteiger partial charge in [-0.25, -0.2) is 0 Å². The first-order valence-corrected chi connectivity index (χ1v) is 8.89. The summed E-state index contributed by atoms with van der Waals surface area (Å²) in [5, 5.41) is 4.07. The van der Waals surface area contributed by atoms with Crippen LogP contribution in [0.15, 0.2) is 47.4 Å². The number of benzene rings is 2. The zero-order valence-electron chi connectivity index (χ0n) is 13.0. The number of carbonyl (C=O) groups excluding carboxylic acids is 3. The second kappa shape index (κ2) is 6.09. The monoisotopic (exact) mass is 368 g/mol. The van der Waals surface area contributed by atoms with Crippen molar-refractivity contribution in [3.05, 3.63) is 52.9 Å². The van der Waals surface area contributed by atoms with Crippen LogP contribution in [-0.4, -0.2) is 32.1 Å². The molecule has 0 unspecified atom stereocenters. The first kappa shape index (κ1) is 16.0. The molecule has 7 heteroatoms. The van der Waals surface area contributed by atoms with Gasteiger partial charge in [-0.05, 0) is 40.7 Å². The molecule has 0 saturated carbocycles. The molecule has 2 aromatic rings. The van der Waals surface area contributed by atoms with Gasteiger partial charge in [-0.1, -0.05) is 48.2 Å². The lowest BCUT2D eigenvalue weighted by Gasteiger charge is -2.23. The van der Waals surface area contributed by atoms with Crippen molar-refractivity contribution in [2.45, 2.75) is 12.8 Å². The summed E-state index contributed by atoms with van der Waals surface area (Å²) >= 11 is 6.31. The second-order valence-electron chi connectivity index (χ2n) is 5.70. The molecule has 2 fully saturated rings. The Balaban J connectivity index is 1.67. The van der Waals surface area contributed by atoms with Crippen LogP contribution >= 0.6 is 24.0 Å². The number of hydrogen-bond acceptors (Lipinski definition) is 5. The Hall–Kier alpha value is -2.51. The molecule has 5 nitrogen and oxygen atoms in total. The lowest BCUT2D eigenvalue weighted by Crippen LogP contribution is -2.48. The summed E-state index contributed by atoms with van der Waals surface area (Å²) < 4.78 is 0.195. The van der Waals surface area contributed by atoms with Gasteiger partial charge in [0.2, 0.25) is 11.8 Å². The standard InChI is InChI=1S/C18H12N2O3S2/c21-15-7-8-16(22)19(15)20-17(23)14(25-18(20)24)10-11-5-6-12-3-1-2-4-13(12)9-11/h1-6,9-10H,7-8H2/b14-10-. The van der Waals surface area contributed by atoms with E-state index in [-0.39, 0.29) is 17.2 Å². The number of nitrogens with zero attached hydrogens (tertiary/aromatic N) is 2. The van der Waals surface area contributed by atoms with E-state index in [1.54, 1.807) is 6.08 Å². The molecular formula is C18H12N2O3S2. The Kier molecular flexibility index (Phi) is 3.89. The van der Waals surface area contributed by atoms with Crippen molar-refractivity contribution in [3.8, 4) is 0 Å². The number of rotatable bonds is 2. The molecule has 2 aliphatic rings. The van der Waals surface area contributed by atoms with E-state index in [4.69, 9.17) is 12.2 Å². The van der Waals surface area contributed by atoms with Gasteiger partial charge in [0.15, 0.2) is 4.32 Å². The van der Waals surface area contributed by atoms with Crippen LogP contribution in [0, 0.1) is 0 Å². The van der Waals surface area contributed by atoms with Gasteiger partial charge in [0.05, 0.1) is 4.91 Å². The molecule has 2 heterocycles. The zero-order valence-corrected chi connectivity index (χ0v) is 14.6. The summed E-state index contributed by atoms with van der Waals surface area (Å²) in [7, 11) is 0. The third kappa shape index (κ3) is 2.75. The molecule has 0 bridgehead atoms. The minimum Gasteiger partial charge on any atom is -0.272 e. The van der Waals surface area contributed by atoms with Gasteiger partial charge in [-0.3, -0.25) is 14.4 Å². The molecule has 0 aromatic heterocycles. The highest BCUT2D eigenvalue weighted by molar-refractivity contribution is 8.26. The highest BCUT2D eigenvalue weighted by atomic mass is 32.2. The lowest BCUT2D eigenvalue weighted by atomic mass is 10.1. The van der Waals surface area contributed by atoms with Crippen LogP contribution in [0.2, 0.25) is 0 Å². The Morgan fingerprint density at radius 2 is 1.60 bits per heavy atom. The van der Waals surface area contributed by atoms with Gasteiger partial charge in [-0.2, -0.15) is 10.0 Å². The molecule has 0 aliphatic carbocycles. The van der Waals surface area contributed by atoms with Crippen LogP contribution < -0.4 is 0 Å². The van der Waals surface area contributed by atoms with Gasteiger partial charge in [0.25, 0.3) is 5.91 Å². The summed E-state index contributed by atoms with van der Waals surface area (Å²) in [6, 6.07) is 13.8. The van der Waals surface area contributed by atoms with Gasteiger partial charge in [0.1, 0.15) is 0 Å². The van der Waals surface area contributed by atoms with E-state index in [0.29, 0.717) is 4.91 Å². The SMILES string of the molecule is O=C1CCC(=O)N1N1C(=O)/C(=C/c2ccc3ccccc3c2)SC1=S. The first-order chi connectivity index (χ1) is 12.0. The molecule has 2 aromatic carbocycles. The van der Waals surface area contributed by atoms with Crippen molar-refractivity contribution in [2.24, 2.45) is 0 Å². The number of fused-ring (bicyclic) bond motifs is 1. The van der Waals surface area contributed by atoms with Crippen molar-refractivity contribution in [1.82, 2.24) is 10.0 Å². The number of thiocarbonyl (C=S) groups is 1. The number of hydrazine groups is 1. The predicted octanol–water partition coefficient (Wildman–Crippen LogP) is 3.11. The highest BCUT2D eigenvalue weighted by Crippen LogP contribution is 2.35. The van der Waals surface area contributed by atoms with Crippen molar-refractivity contribution in [3.63, 3.8) is 0 Å². The Morgan fingerprint density at radius 3 is 2.32 bits per heavy atom. The van der Waals surface area contributed by atoms with Crippen LogP contribution in [0.1, 0.15) is 18.4 Å². The molecule has 0 N–H and O–H groups in total. The predicted molar refractivity (Wildman–Crippen MR) is 100 cm³/mol. The lowest BCUT2D eigenvalue weighted by molar-refractivity contribution is -0.157. The number of imide groups is 1. The van der Waals surface area contributed by atoms with Gasteiger partial charge >= 0.3 is 0 Å². The third-order valence-corrected chi connectivity index (χ3v) is 5.35. The maximum absolute atomic E-state index is 12.7. The van der Waals surface area contributed by atoms with Gasteiger partial charge in [-0.15, -0.1) is 0 Å². The van der Waals surface area contributed by atoms with E-state index in [2.05, 4.69) is 0 Å². The number of carbonyl (C=O) groups is 3. The molecular weight excluding hydrogens is 356 g/mol. The molecule has 4 rings (SSSR count). The highest BCUT2D eigenvalue weighted by Gasteiger charge is 2.44. The summed E-state index contributed by atoms with van der Waals surface area (Å²) in [6.45, 7) is 0. The second-order valence-corrected chi connectivity index (χ2v) is 7.38. The largest absolute Gasteiger partial charge is 0.285 e. The van der Waals surface area contributed by atoms with Crippen molar-refractivity contribution >= 4 is 62.9 Å². The van der Waals surface area contributed by atoms with E-state index in [0.717, 1.165) is 38.1 Å². The maximum Gasteiger partial charge on any atom is 0.285 e. The van der Waals surface area contributed by atoms with Crippen LogP contribution in [0.5, 0.6) is 0 Å². The average Bonchev–Trinajstić information content (AvgIpc) is 3.06. The normalized spacial score (nSPS) is 19.8. The summed E-state index contributed by atoms with van der Waals surface area (Å²) in [5.74, 6) is -1.23. The Bertz CT molecular complexity index is 967. The smallest absolute Gasteiger partial charge is 0.272 e. The summed E-state index contributed by atoms with van der Waals surface area (Å²) in [5.41, 5.74) is 0.860. The van der Waals surface area contributed by atoms with E-state index in [1.807, 2.05) is 42.5 Å². The van der Waals surface area contributed by atoms with Crippen molar-refractivity contribution < 1.29 is 14.4 Å². The molecule has 0 radical (unpaired) electrons. The molecule has 124 valence electrons. The van der Waals surface area contributed by atoms with E-state index in [9.17, 15) is 14.4 Å². The summed E-state index contributed by atoms with van der Waals surface area (Å²) in [6.07, 6.45) is 1.95. The average molecular weight is 368 g/mol. The molecule has 25 heavy (non-hydrogen) atoms. The van der Waals surface area contributed by atoms with E-state index in [1.165, 1.54) is 0 Å². The zero-order chi connectivity index (χ0) is 17.6. The van der Waals surface area contributed by atoms with Crippen LogP contribution in [0.25, 0.3) is 16.8 Å². The van der Waals surface area contributed by atoms with Crippen LogP contribution in [-0.2, 0) is 14.4 Å². The first-order valence-electron chi connectivity index (χ1n) is 7.67. The molecule has 0 spiro atoms. The van der Waals surface area contributed by atoms with E-state index >= 15 is 0 Å². The quantitative estimate of drug-likeness (QED) is 0.463. The van der Waals surface area contributed by atoms with Crippen molar-refractivity contribution in [1.29, 1.82) is 0 Å². The van der Waals surface area contributed by atoms with Crippen LogP contribution in [0.3, 0.4) is 0 Å². The molecule has 2 saturated heterocycles. The Morgan fingerprint density at radius 1 is 0.920 bits per heavy atom. The minimum absolute atomic E-state index is 0.111. The van der Waals surface area contributed by atoms with Gasteiger partial charge in [0, 0.05) is 12.8 Å². The molecule has 2 aliphatic heterocycles. The minimum atomic E-state index is -0.438. The fraction of sp³-hybridized carbons (Fsp3) is 0.111.